The Kier molecular flexibility index (Phi) is 6.35. The van der Waals surface area contributed by atoms with E-state index in [1.54, 1.807) is 0 Å². The van der Waals surface area contributed by atoms with Crippen LogP contribution in [-0.2, 0) is 0 Å². The van der Waals surface area contributed by atoms with Crippen LogP contribution >= 0.6 is 11.3 Å². The van der Waals surface area contributed by atoms with Crippen LogP contribution in [0.3, 0.4) is 0 Å². The maximum atomic E-state index is 3.82. The molecule has 0 spiro atoms. The first-order valence-corrected chi connectivity index (χ1v) is 8.58. The monoisotopic (exact) mass is 280 g/mol. The van der Waals surface area contributed by atoms with Gasteiger partial charge in [-0.05, 0) is 38.4 Å². The highest BCUT2D eigenvalue weighted by atomic mass is 32.1. The van der Waals surface area contributed by atoms with Gasteiger partial charge in [-0.15, -0.1) is 11.3 Å². The molecule has 0 bridgehead atoms. The van der Waals surface area contributed by atoms with Gasteiger partial charge >= 0.3 is 0 Å². The Morgan fingerprint density at radius 3 is 2.47 bits per heavy atom. The van der Waals surface area contributed by atoms with Crippen LogP contribution in [0.4, 0.5) is 0 Å². The van der Waals surface area contributed by atoms with Crippen molar-refractivity contribution in [2.75, 3.05) is 20.6 Å². The molecule has 1 atom stereocenters. The normalized spacial score (nSPS) is 20.2. The van der Waals surface area contributed by atoms with Gasteiger partial charge in [0.15, 0.2) is 0 Å². The molecule has 0 aliphatic heterocycles. The van der Waals surface area contributed by atoms with Gasteiger partial charge in [-0.25, -0.2) is 0 Å². The van der Waals surface area contributed by atoms with Gasteiger partial charge in [0.25, 0.3) is 0 Å². The number of hydrogen-bond acceptors (Lipinski definition) is 3. The summed E-state index contributed by atoms with van der Waals surface area (Å²) in [5.74, 6) is 0. The first-order chi connectivity index (χ1) is 9.27. The molecular formula is C16H28N2S. The SMILES string of the molecule is CN(C)C(CNC1CCCCCCC1)c1cccs1. The summed E-state index contributed by atoms with van der Waals surface area (Å²) < 4.78 is 0. The van der Waals surface area contributed by atoms with Crippen molar-refractivity contribution in [3.05, 3.63) is 22.4 Å². The fourth-order valence-corrected chi connectivity index (χ4v) is 3.88. The molecule has 1 unspecified atom stereocenters. The van der Waals surface area contributed by atoms with Gasteiger partial charge in [-0.2, -0.15) is 0 Å². The van der Waals surface area contributed by atoms with Crippen molar-refractivity contribution >= 4 is 11.3 Å². The van der Waals surface area contributed by atoms with E-state index in [2.05, 4.69) is 41.8 Å². The Bertz CT molecular complexity index is 327. The van der Waals surface area contributed by atoms with E-state index in [-0.39, 0.29) is 0 Å². The third kappa shape index (κ3) is 4.90. The maximum Gasteiger partial charge on any atom is 0.0561 e. The van der Waals surface area contributed by atoms with Gasteiger partial charge < -0.3 is 10.2 Å². The van der Waals surface area contributed by atoms with E-state index in [4.69, 9.17) is 0 Å². The molecule has 1 aromatic rings. The fourth-order valence-electron chi connectivity index (χ4n) is 2.96. The quantitative estimate of drug-likeness (QED) is 0.875. The highest BCUT2D eigenvalue weighted by Gasteiger charge is 2.17. The van der Waals surface area contributed by atoms with Crippen LogP contribution in [-0.4, -0.2) is 31.6 Å². The van der Waals surface area contributed by atoms with Gasteiger partial charge in [0.2, 0.25) is 0 Å². The third-order valence-electron chi connectivity index (χ3n) is 4.20. The average molecular weight is 280 g/mol. The van der Waals surface area contributed by atoms with E-state index in [0.717, 1.165) is 12.6 Å². The van der Waals surface area contributed by atoms with Crippen LogP contribution in [0.2, 0.25) is 0 Å². The van der Waals surface area contributed by atoms with Gasteiger partial charge in [-0.1, -0.05) is 38.2 Å². The van der Waals surface area contributed by atoms with Crippen molar-refractivity contribution < 1.29 is 0 Å². The predicted molar refractivity (Wildman–Crippen MR) is 84.9 cm³/mol. The number of thiophene rings is 1. The minimum atomic E-state index is 0.519. The fraction of sp³-hybridized carbons (Fsp3) is 0.750. The molecule has 0 saturated heterocycles. The molecule has 1 aliphatic rings. The van der Waals surface area contributed by atoms with Gasteiger partial charge in [0, 0.05) is 17.5 Å². The van der Waals surface area contributed by atoms with Crippen LogP contribution in [0, 0.1) is 0 Å². The lowest BCUT2D eigenvalue weighted by Crippen LogP contribution is -2.37. The number of rotatable bonds is 5. The minimum Gasteiger partial charge on any atom is -0.312 e. The zero-order valence-corrected chi connectivity index (χ0v) is 13.2. The van der Waals surface area contributed by atoms with Crippen LogP contribution in [0.1, 0.15) is 55.9 Å². The van der Waals surface area contributed by atoms with E-state index < -0.39 is 0 Å². The summed E-state index contributed by atoms with van der Waals surface area (Å²) in [6, 6.07) is 5.68. The average Bonchev–Trinajstić information content (AvgIpc) is 2.84. The van der Waals surface area contributed by atoms with Crippen molar-refractivity contribution in [2.45, 2.75) is 57.0 Å². The van der Waals surface area contributed by atoms with Crippen molar-refractivity contribution in [3.63, 3.8) is 0 Å². The lowest BCUT2D eigenvalue weighted by molar-refractivity contribution is 0.272. The summed E-state index contributed by atoms with van der Waals surface area (Å²) in [6.07, 6.45) is 9.85. The molecule has 2 rings (SSSR count). The van der Waals surface area contributed by atoms with E-state index in [1.807, 2.05) is 11.3 Å². The molecule has 0 amide bonds. The molecular weight excluding hydrogens is 252 g/mol. The van der Waals surface area contributed by atoms with E-state index >= 15 is 0 Å². The number of likely N-dealkylation sites (N-methyl/N-ethyl adjacent to an activating group) is 1. The van der Waals surface area contributed by atoms with Gasteiger partial charge in [0.05, 0.1) is 6.04 Å². The number of nitrogens with one attached hydrogen (secondary N) is 1. The third-order valence-corrected chi connectivity index (χ3v) is 5.17. The van der Waals surface area contributed by atoms with Crippen molar-refractivity contribution in [2.24, 2.45) is 0 Å². The summed E-state index contributed by atoms with van der Waals surface area (Å²) in [7, 11) is 4.37. The van der Waals surface area contributed by atoms with Crippen LogP contribution < -0.4 is 5.32 Å². The molecule has 3 heteroatoms. The molecule has 2 nitrogen and oxygen atoms in total. The predicted octanol–water partition coefficient (Wildman–Crippen LogP) is 4.05. The molecule has 1 heterocycles. The van der Waals surface area contributed by atoms with E-state index in [0.29, 0.717) is 6.04 Å². The number of nitrogens with zero attached hydrogens (tertiary/aromatic N) is 1. The molecule has 1 saturated carbocycles. The van der Waals surface area contributed by atoms with Gasteiger partial charge in [0.1, 0.15) is 0 Å². The highest BCUT2D eigenvalue weighted by Crippen LogP contribution is 2.23. The lowest BCUT2D eigenvalue weighted by atomic mass is 9.96. The standard InChI is InChI=1S/C16H28N2S/c1-18(2)15(16-11-8-12-19-16)13-17-14-9-6-4-3-5-7-10-14/h8,11-12,14-15,17H,3-7,9-10,13H2,1-2H3. The Morgan fingerprint density at radius 1 is 1.21 bits per heavy atom. The largest absolute Gasteiger partial charge is 0.312 e. The van der Waals surface area contributed by atoms with Crippen molar-refractivity contribution in [1.29, 1.82) is 0 Å². The van der Waals surface area contributed by atoms with Crippen LogP contribution in [0.15, 0.2) is 17.5 Å². The smallest absolute Gasteiger partial charge is 0.0561 e. The summed E-state index contributed by atoms with van der Waals surface area (Å²) >= 11 is 1.87. The molecule has 108 valence electrons. The molecule has 1 aromatic heterocycles. The van der Waals surface area contributed by atoms with Gasteiger partial charge in [-0.3, -0.25) is 0 Å². The summed E-state index contributed by atoms with van der Waals surface area (Å²) in [5.41, 5.74) is 0. The Balaban J connectivity index is 1.84. The lowest BCUT2D eigenvalue weighted by Gasteiger charge is -2.27. The van der Waals surface area contributed by atoms with E-state index in [1.165, 1.54) is 49.8 Å². The summed E-state index contributed by atoms with van der Waals surface area (Å²) in [5, 5.41) is 6.01. The summed E-state index contributed by atoms with van der Waals surface area (Å²) in [4.78, 5) is 3.81. The van der Waals surface area contributed by atoms with Crippen molar-refractivity contribution in [1.82, 2.24) is 10.2 Å². The minimum absolute atomic E-state index is 0.519. The van der Waals surface area contributed by atoms with Crippen molar-refractivity contribution in [3.8, 4) is 0 Å². The maximum absolute atomic E-state index is 3.82. The molecule has 19 heavy (non-hydrogen) atoms. The Labute approximate surface area is 122 Å². The van der Waals surface area contributed by atoms with Crippen LogP contribution in [0.25, 0.3) is 0 Å². The molecule has 1 fully saturated rings. The molecule has 0 aromatic carbocycles. The van der Waals surface area contributed by atoms with Crippen LogP contribution in [0.5, 0.6) is 0 Å². The number of hydrogen-bond donors (Lipinski definition) is 1. The summed E-state index contributed by atoms with van der Waals surface area (Å²) in [6.45, 7) is 1.08. The first-order valence-electron chi connectivity index (χ1n) is 7.70. The second kappa shape index (κ2) is 8.03. The first kappa shape index (κ1) is 15.0. The second-order valence-corrected chi connectivity index (χ2v) is 6.92. The zero-order chi connectivity index (χ0) is 13.5. The highest BCUT2D eigenvalue weighted by molar-refractivity contribution is 7.10. The molecule has 0 radical (unpaired) electrons. The Morgan fingerprint density at radius 2 is 1.89 bits per heavy atom. The second-order valence-electron chi connectivity index (χ2n) is 5.95. The topological polar surface area (TPSA) is 15.3 Å². The Hall–Kier alpha value is -0.380. The molecule has 1 aliphatic carbocycles. The zero-order valence-electron chi connectivity index (χ0n) is 12.4. The molecule has 1 N–H and O–H groups in total. The van der Waals surface area contributed by atoms with E-state index in [9.17, 15) is 0 Å².